The summed E-state index contributed by atoms with van der Waals surface area (Å²) in [6.07, 6.45) is 2.57. The molecule has 2 rings (SSSR count). The maximum atomic E-state index is 12.6. The van der Waals surface area contributed by atoms with Gasteiger partial charge in [-0.25, -0.2) is 9.78 Å². The summed E-state index contributed by atoms with van der Waals surface area (Å²) in [5.41, 5.74) is 1.14. The number of para-hydroxylation sites is 1. The van der Waals surface area contributed by atoms with Gasteiger partial charge >= 0.3 is 5.97 Å². The van der Waals surface area contributed by atoms with Crippen molar-refractivity contribution in [2.75, 3.05) is 17.7 Å². The van der Waals surface area contributed by atoms with Gasteiger partial charge in [0.25, 0.3) is 5.91 Å². The Balaban J connectivity index is 2.12. The number of ether oxygens (including phenoxy) is 1. The minimum Gasteiger partial charge on any atom is -0.449 e. The molecule has 1 atom stereocenters. The van der Waals surface area contributed by atoms with E-state index >= 15 is 0 Å². The first kappa shape index (κ1) is 18.0. The number of amides is 1. The quantitative estimate of drug-likeness (QED) is 0.594. The van der Waals surface area contributed by atoms with Crippen LogP contribution in [-0.4, -0.2) is 35.8 Å². The van der Waals surface area contributed by atoms with Crippen molar-refractivity contribution in [2.45, 2.75) is 25.0 Å². The molecular weight excluding hydrogens is 324 g/mol. The molecule has 0 saturated heterocycles. The van der Waals surface area contributed by atoms with Gasteiger partial charge < -0.3 is 9.64 Å². The van der Waals surface area contributed by atoms with Gasteiger partial charge in [-0.3, -0.25) is 4.79 Å². The number of thioether (sulfide) groups is 1. The zero-order valence-electron chi connectivity index (χ0n) is 13.9. The van der Waals surface area contributed by atoms with Crippen LogP contribution in [0.15, 0.2) is 53.7 Å². The zero-order valence-corrected chi connectivity index (χ0v) is 14.7. The number of hydrogen-bond acceptors (Lipinski definition) is 5. The third-order valence-corrected chi connectivity index (χ3v) is 4.18. The second kappa shape index (κ2) is 8.49. The van der Waals surface area contributed by atoms with Gasteiger partial charge in [0.05, 0.1) is 5.56 Å². The molecule has 24 heavy (non-hydrogen) atoms. The Morgan fingerprint density at radius 1 is 1.21 bits per heavy atom. The maximum Gasteiger partial charge on any atom is 0.341 e. The van der Waals surface area contributed by atoms with Gasteiger partial charge in [-0.15, -0.1) is 11.8 Å². The number of hydrogen-bond donors (Lipinski definition) is 0. The predicted octanol–water partition coefficient (Wildman–Crippen LogP) is 3.40. The van der Waals surface area contributed by atoms with E-state index in [1.807, 2.05) is 43.5 Å². The molecule has 2 aromatic rings. The summed E-state index contributed by atoms with van der Waals surface area (Å²) >= 11 is 1.36. The van der Waals surface area contributed by atoms with Crippen LogP contribution in [0.1, 0.15) is 24.2 Å². The van der Waals surface area contributed by atoms with E-state index in [0.29, 0.717) is 17.1 Å². The summed E-state index contributed by atoms with van der Waals surface area (Å²) in [6.45, 7) is 3.96. The van der Waals surface area contributed by atoms with E-state index in [2.05, 4.69) is 4.98 Å². The highest BCUT2D eigenvalue weighted by atomic mass is 32.2. The van der Waals surface area contributed by atoms with Crippen molar-refractivity contribution in [2.24, 2.45) is 0 Å². The van der Waals surface area contributed by atoms with E-state index in [4.69, 9.17) is 4.74 Å². The van der Waals surface area contributed by atoms with Crippen LogP contribution in [-0.2, 0) is 9.53 Å². The Morgan fingerprint density at radius 3 is 2.54 bits per heavy atom. The van der Waals surface area contributed by atoms with Gasteiger partial charge in [-0.1, -0.05) is 18.2 Å². The number of pyridine rings is 1. The monoisotopic (exact) mass is 344 g/mol. The lowest BCUT2D eigenvalue weighted by atomic mass is 10.2. The number of likely N-dealkylation sites (N-methyl/N-ethyl adjacent to an activating group) is 1. The van der Waals surface area contributed by atoms with Gasteiger partial charge in [0, 0.05) is 18.4 Å². The molecule has 0 bridgehead atoms. The lowest BCUT2D eigenvalue weighted by Crippen LogP contribution is -2.40. The van der Waals surface area contributed by atoms with Gasteiger partial charge in [0.1, 0.15) is 5.03 Å². The number of carbonyl (C=O) groups is 2. The number of aromatic nitrogens is 1. The van der Waals surface area contributed by atoms with Crippen molar-refractivity contribution in [1.82, 2.24) is 4.98 Å². The van der Waals surface area contributed by atoms with Gasteiger partial charge in [0.2, 0.25) is 0 Å². The van der Waals surface area contributed by atoms with Crippen LogP contribution in [0.25, 0.3) is 0 Å². The largest absolute Gasteiger partial charge is 0.449 e. The predicted molar refractivity (Wildman–Crippen MR) is 95.4 cm³/mol. The first-order valence-electron chi connectivity index (χ1n) is 7.64. The van der Waals surface area contributed by atoms with E-state index in [-0.39, 0.29) is 5.91 Å². The first-order chi connectivity index (χ1) is 11.6. The molecule has 1 heterocycles. The highest BCUT2D eigenvalue weighted by Gasteiger charge is 2.25. The third-order valence-electron chi connectivity index (χ3n) is 3.47. The van der Waals surface area contributed by atoms with Crippen LogP contribution in [0.3, 0.4) is 0 Å². The molecule has 1 amide bonds. The van der Waals surface area contributed by atoms with Crippen LogP contribution in [0.4, 0.5) is 5.69 Å². The SMILES string of the molecule is CCN(C(=O)[C@@H](C)OC(=O)c1cccnc1SC)c1ccccc1. The summed E-state index contributed by atoms with van der Waals surface area (Å²) in [7, 11) is 0. The Kier molecular flexibility index (Phi) is 6.37. The molecular formula is C18H20N2O3S. The topological polar surface area (TPSA) is 59.5 Å². The highest BCUT2D eigenvalue weighted by molar-refractivity contribution is 7.98. The molecule has 0 aliphatic carbocycles. The van der Waals surface area contributed by atoms with Gasteiger partial charge in [-0.05, 0) is 44.4 Å². The van der Waals surface area contributed by atoms with E-state index < -0.39 is 12.1 Å². The molecule has 0 saturated carbocycles. The molecule has 0 N–H and O–H groups in total. The van der Waals surface area contributed by atoms with E-state index in [0.717, 1.165) is 5.69 Å². The van der Waals surface area contributed by atoms with E-state index in [1.165, 1.54) is 11.8 Å². The summed E-state index contributed by atoms with van der Waals surface area (Å²) < 4.78 is 5.36. The fourth-order valence-electron chi connectivity index (χ4n) is 2.28. The molecule has 1 aromatic carbocycles. The van der Waals surface area contributed by atoms with Gasteiger partial charge in [0.15, 0.2) is 6.10 Å². The Morgan fingerprint density at radius 2 is 1.92 bits per heavy atom. The Bertz CT molecular complexity index is 706. The van der Waals surface area contributed by atoms with Crippen molar-refractivity contribution in [3.63, 3.8) is 0 Å². The molecule has 6 heteroatoms. The number of benzene rings is 1. The Labute approximate surface area is 146 Å². The second-order valence-electron chi connectivity index (χ2n) is 5.03. The van der Waals surface area contributed by atoms with Crippen molar-refractivity contribution in [1.29, 1.82) is 0 Å². The maximum absolute atomic E-state index is 12.6. The molecule has 0 spiro atoms. The molecule has 0 radical (unpaired) electrons. The molecule has 0 unspecified atom stereocenters. The van der Waals surface area contributed by atoms with Crippen molar-refractivity contribution < 1.29 is 14.3 Å². The molecule has 0 fully saturated rings. The minimum absolute atomic E-state index is 0.258. The van der Waals surface area contributed by atoms with E-state index in [1.54, 1.807) is 30.2 Å². The van der Waals surface area contributed by atoms with Crippen molar-refractivity contribution in [3.05, 3.63) is 54.2 Å². The molecule has 0 aliphatic heterocycles. The third kappa shape index (κ3) is 4.14. The van der Waals surface area contributed by atoms with Crippen LogP contribution in [0.5, 0.6) is 0 Å². The van der Waals surface area contributed by atoms with Crippen molar-refractivity contribution in [3.8, 4) is 0 Å². The van der Waals surface area contributed by atoms with Gasteiger partial charge in [-0.2, -0.15) is 0 Å². The lowest BCUT2D eigenvalue weighted by molar-refractivity contribution is -0.126. The lowest BCUT2D eigenvalue weighted by Gasteiger charge is -2.24. The molecule has 0 aliphatic rings. The minimum atomic E-state index is -0.882. The summed E-state index contributed by atoms with van der Waals surface area (Å²) in [5, 5.41) is 0.581. The van der Waals surface area contributed by atoms with Crippen molar-refractivity contribution >= 4 is 29.3 Å². The summed E-state index contributed by atoms with van der Waals surface area (Å²) in [6, 6.07) is 12.6. The average molecular weight is 344 g/mol. The van der Waals surface area contributed by atoms with Crippen LogP contribution >= 0.6 is 11.8 Å². The van der Waals surface area contributed by atoms with E-state index in [9.17, 15) is 9.59 Å². The first-order valence-corrected chi connectivity index (χ1v) is 8.87. The fourth-order valence-corrected chi connectivity index (χ4v) is 2.81. The Hall–Kier alpha value is -2.34. The zero-order chi connectivity index (χ0) is 17.5. The average Bonchev–Trinajstić information content (AvgIpc) is 2.63. The number of esters is 1. The standard InChI is InChI=1S/C18H20N2O3S/c1-4-20(14-9-6-5-7-10-14)17(21)13(2)23-18(22)15-11-8-12-19-16(15)24-3/h5-13H,4H2,1-3H3/t13-/m1/s1. The number of carbonyl (C=O) groups excluding carboxylic acids is 2. The number of anilines is 1. The summed E-state index contributed by atoms with van der Waals surface area (Å²) in [4.78, 5) is 30.7. The van der Waals surface area contributed by atoms with Crippen LogP contribution in [0.2, 0.25) is 0 Å². The molecule has 126 valence electrons. The van der Waals surface area contributed by atoms with Crippen LogP contribution in [0, 0.1) is 0 Å². The smallest absolute Gasteiger partial charge is 0.341 e. The molecule has 5 nitrogen and oxygen atoms in total. The summed E-state index contributed by atoms with van der Waals surface area (Å²) in [5.74, 6) is -0.802. The second-order valence-corrected chi connectivity index (χ2v) is 5.82. The molecule has 1 aromatic heterocycles. The highest BCUT2D eigenvalue weighted by Crippen LogP contribution is 2.19. The number of nitrogens with zero attached hydrogens (tertiary/aromatic N) is 2. The number of rotatable bonds is 6. The fraction of sp³-hybridized carbons (Fsp3) is 0.278. The normalized spacial score (nSPS) is 11.6. The van der Waals surface area contributed by atoms with Crippen LogP contribution < -0.4 is 4.90 Å².